The van der Waals surface area contributed by atoms with Crippen LogP contribution in [0, 0.1) is 0 Å². The maximum atomic E-state index is 12.4. The van der Waals surface area contributed by atoms with Crippen LogP contribution >= 0.6 is 0 Å². The van der Waals surface area contributed by atoms with E-state index in [1.165, 1.54) is 0 Å². The van der Waals surface area contributed by atoms with Crippen molar-refractivity contribution in [3.63, 3.8) is 0 Å². The van der Waals surface area contributed by atoms with E-state index in [9.17, 15) is 18.0 Å². The Morgan fingerprint density at radius 3 is 2.77 bits per heavy atom. The highest BCUT2D eigenvalue weighted by atomic mass is 19.4. The summed E-state index contributed by atoms with van der Waals surface area (Å²) in [6.45, 7) is 1.70. The quantitative estimate of drug-likeness (QED) is 0.822. The van der Waals surface area contributed by atoms with Gasteiger partial charge >= 0.3 is 6.18 Å². The van der Waals surface area contributed by atoms with Gasteiger partial charge in [-0.25, -0.2) is 9.97 Å². The molecule has 7 nitrogen and oxygen atoms in total. The summed E-state index contributed by atoms with van der Waals surface area (Å²) in [6.07, 6.45) is -0.971. The normalized spacial score (nSPS) is 17.5. The first-order valence-corrected chi connectivity index (χ1v) is 7.70. The van der Waals surface area contributed by atoms with Gasteiger partial charge in [0.05, 0.1) is 11.7 Å². The van der Waals surface area contributed by atoms with Crippen molar-refractivity contribution in [2.24, 2.45) is 0 Å². The lowest BCUT2D eigenvalue weighted by Crippen LogP contribution is -2.15. The van der Waals surface area contributed by atoms with E-state index in [1.807, 2.05) is 7.05 Å². The average molecular weight is 373 g/mol. The average Bonchev–Trinajstić information content (AvgIpc) is 3.21. The lowest BCUT2D eigenvalue weighted by molar-refractivity contribution is -0.137. The number of carbonyl (C=O) groups is 1. The minimum atomic E-state index is -4.46. The van der Waals surface area contributed by atoms with E-state index in [4.69, 9.17) is 14.3 Å². The molecule has 0 aromatic carbocycles. The zero-order valence-electron chi connectivity index (χ0n) is 13.9. The fourth-order valence-electron chi connectivity index (χ4n) is 2.16. The number of likely N-dealkylation sites (tertiary alicyclic amines) is 1. The zero-order chi connectivity index (χ0) is 19.2. The van der Waals surface area contributed by atoms with Crippen molar-refractivity contribution in [1.29, 1.82) is 0 Å². The second kappa shape index (κ2) is 8.77. The van der Waals surface area contributed by atoms with E-state index in [-0.39, 0.29) is 30.2 Å². The summed E-state index contributed by atoms with van der Waals surface area (Å²) in [4.78, 5) is 19.8. The number of hydrogen-bond acceptors (Lipinski definition) is 7. The molecule has 2 aromatic rings. The van der Waals surface area contributed by atoms with Crippen LogP contribution in [0.15, 0.2) is 29.0 Å². The van der Waals surface area contributed by atoms with Gasteiger partial charge in [0.15, 0.2) is 12.9 Å². The van der Waals surface area contributed by atoms with Crippen LogP contribution in [0.1, 0.15) is 28.4 Å². The Balaban J connectivity index is 0.000000290. The largest absolute Gasteiger partial charge is 0.468 e. The molecule has 0 bridgehead atoms. The number of β-amino-alcohol motifs (C(OH)–C–C–N with tert-alkyl or cyclic N) is 1. The summed E-state index contributed by atoms with van der Waals surface area (Å²) in [7, 11) is 2.02. The van der Waals surface area contributed by atoms with E-state index in [0.717, 1.165) is 44.1 Å². The van der Waals surface area contributed by atoms with E-state index in [1.54, 1.807) is 0 Å². The van der Waals surface area contributed by atoms with Crippen LogP contribution in [0.3, 0.4) is 0 Å². The Kier molecular flexibility index (Phi) is 6.70. The van der Waals surface area contributed by atoms with Crippen LogP contribution < -0.4 is 4.74 Å². The Hall–Kier alpha value is -2.46. The van der Waals surface area contributed by atoms with Crippen molar-refractivity contribution in [3.05, 3.63) is 41.7 Å². The molecule has 1 aliphatic rings. The van der Waals surface area contributed by atoms with Crippen LogP contribution in [-0.2, 0) is 12.8 Å². The first-order valence-electron chi connectivity index (χ1n) is 7.70. The van der Waals surface area contributed by atoms with Crippen molar-refractivity contribution in [3.8, 4) is 5.88 Å². The van der Waals surface area contributed by atoms with E-state index in [2.05, 4.69) is 14.9 Å². The van der Waals surface area contributed by atoms with E-state index in [0.29, 0.717) is 6.29 Å². The molecule has 3 rings (SSSR count). The fraction of sp³-hybridized carbons (Fsp3) is 0.438. The maximum absolute atomic E-state index is 12.4. The van der Waals surface area contributed by atoms with Gasteiger partial charge < -0.3 is 19.2 Å². The number of nitrogens with zero attached hydrogens (tertiary/aromatic N) is 3. The first kappa shape index (κ1) is 19.9. The second-order valence-corrected chi connectivity index (χ2v) is 5.66. The van der Waals surface area contributed by atoms with Crippen LogP contribution in [0.4, 0.5) is 13.2 Å². The molecule has 10 heteroatoms. The smallest absolute Gasteiger partial charge is 0.416 e. The third-order valence-corrected chi connectivity index (χ3v) is 3.46. The number of aldehydes is 1. The molecule has 1 fully saturated rings. The third-order valence-electron chi connectivity index (χ3n) is 3.46. The lowest BCUT2D eigenvalue weighted by atomic mass is 10.2. The number of pyridine rings is 1. The number of alkyl halides is 3. The number of aromatic nitrogens is 2. The Morgan fingerprint density at radius 1 is 1.50 bits per heavy atom. The molecule has 0 spiro atoms. The van der Waals surface area contributed by atoms with Gasteiger partial charge in [0.2, 0.25) is 11.8 Å². The molecule has 0 amide bonds. The number of oxazole rings is 1. The molecule has 142 valence electrons. The van der Waals surface area contributed by atoms with E-state index < -0.39 is 11.7 Å². The van der Waals surface area contributed by atoms with Gasteiger partial charge in [-0.05, 0) is 19.5 Å². The molecule has 3 heterocycles. The molecule has 0 radical (unpaired) electrons. The molecule has 1 unspecified atom stereocenters. The van der Waals surface area contributed by atoms with Crippen molar-refractivity contribution in [2.45, 2.75) is 25.3 Å². The van der Waals surface area contributed by atoms with Crippen molar-refractivity contribution in [1.82, 2.24) is 14.9 Å². The molecule has 0 aliphatic carbocycles. The minimum Gasteiger partial charge on any atom is -0.468 e. The van der Waals surface area contributed by atoms with Crippen molar-refractivity contribution in [2.75, 3.05) is 20.1 Å². The molecular weight excluding hydrogens is 355 g/mol. The number of hydrogen-bond donors (Lipinski definition) is 1. The molecule has 1 aliphatic heterocycles. The number of likely N-dealkylation sites (N-methyl/N-ethyl adjacent to an activating group) is 1. The predicted octanol–water partition coefficient (Wildman–Crippen LogP) is 2.16. The highest BCUT2D eigenvalue weighted by molar-refractivity contribution is 5.70. The SMILES string of the molecule is CN1CCC(O)C1.O=Cc1coc(COc2cc(C(F)(F)F)ccn2)n1. The summed E-state index contributed by atoms with van der Waals surface area (Å²) in [5, 5.41) is 8.86. The Morgan fingerprint density at radius 2 is 2.27 bits per heavy atom. The van der Waals surface area contributed by atoms with E-state index >= 15 is 0 Å². The number of carbonyl (C=O) groups excluding carboxylic acids is 1. The number of ether oxygens (including phenoxy) is 1. The highest BCUT2D eigenvalue weighted by Gasteiger charge is 2.31. The minimum absolute atomic E-state index is 0.0509. The molecule has 0 saturated carbocycles. The highest BCUT2D eigenvalue weighted by Crippen LogP contribution is 2.30. The topological polar surface area (TPSA) is 88.7 Å². The van der Waals surface area contributed by atoms with Gasteiger partial charge in [-0.3, -0.25) is 4.79 Å². The number of halogens is 3. The summed E-state index contributed by atoms with van der Waals surface area (Å²) in [5.41, 5.74) is -0.783. The van der Waals surface area contributed by atoms with Gasteiger partial charge in [0, 0.05) is 25.4 Å². The summed E-state index contributed by atoms with van der Waals surface area (Å²) in [5.74, 6) is -0.137. The van der Waals surface area contributed by atoms with Gasteiger partial charge in [-0.1, -0.05) is 0 Å². The Bertz CT molecular complexity index is 713. The van der Waals surface area contributed by atoms with Crippen LogP contribution in [0.5, 0.6) is 5.88 Å². The number of rotatable bonds is 4. The van der Waals surface area contributed by atoms with Crippen LogP contribution in [0.25, 0.3) is 0 Å². The summed E-state index contributed by atoms with van der Waals surface area (Å²) >= 11 is 0. The van der Waals surface area contributed by atoms with Crippen LogP contribution in [-0.4, -0.2) is 52.5 Å². The maximum Gasteiger partial charge on any atom is 0.416 e. The van der Waals surface area contributed by atoms with Gasteiger partial charge in [-0.2, -0.15) is 13.2 Å². The van der Waals surface area contributed by atoms with Gasteiger partial charge in [0.1, 0.15) is 12.0 Å². The summed E-state index contributed by atoms with van der Waals surface area (Å²) < 4.78 is 47.1. The monoisotopic (exact) mass is 373 g/mol. The number of aliphatic hydroxyl groups is 1. The van der Waals surface area contributed by atoms with Crippen molar-refractivity contribution < 1.29 is 32.2 Å². The summed E-state index contributed by atoms with van der Waals surface area (Å²) in [6, 6.07) is 1.60. The predicted molar refractivity (Wildman–Crippen MR) is 83.6 cm³/mol. The molecule has 1 N–H and O–H groups in total. The zero-order valence-corrected chi connectivity index (χ0v) is 13.9. The molecule has 26 heavy (non-hydrogen) atoms. The number of aliphatic hydroxyl groups excluding tert-OH is 1. The molecule has 1 saturated heterocycles. The Labute approximate surface area is 147 Å². The first-order chi connectivity index (χ1) is 12.3. The van der Waals surface area contributed by atoms with Crippen LogP contribution in [0.2, 0.25) is 0 Å². The lowest BCUT2D eigenvalue weighted by Gasteiger charge is -2.08. The third kappa shape index (κ3) is 6.12. The van der Waals surface area contributed by atoms with Gasteiger partial charge in [0.25, 0.3) is 0 Å². The fourth-order valence-corrected chi connectivity index (χ4v) is 2.16. The molecule has 1 atom stereocenters. The standard InChI is InChI=1S/C11H7F3N2O3.C5H11NO/c12-11(13,14)7-1-2-15-9(3-7)19-6-10-16-8(4-17)5-18-10;1-6-3-2-5(7)4-6/h1-5H,6H2;5,7H,2-4H2,1H3. The second-order valence-electron chi connectivity index (χ2n) is 5.66. The van der Waals surface area contributed by atoms with Crippen molar-refractivity contribution >= 4 is 6.29 Å². The van der Waals surface area contributed by atoms with Gasteiger partial charge in [-0.15, -0.1) is 0 Å². The molecule has 2 aromatic heterocycles. The molecular formula is C16H18F3N3O4.